The smallest absolute Gasteiger partial charge is 0.0375 e. The summed E-state index contributed by atoms with van der Waals surface area (Å²) in [6, 6.07) is 6.40. The van der Waals surface area contributed by atoms with Crippen molar-refractivity contribution in [3.05, 3.63) is 28.2 Å². The van der Waals surface area contributed by atoms with Crippen molar-refractivity contribution < 1.29 is 0 Å². The average molecular weight is 277 g/mol. The van der Waals surface area contributed by atoms with Crippen LogP contribution in [0.5, 0.6) is 0 Å². The van der Waals surface area contributed by atoms with Crippen LogP contribution >= 0.6 is 27.5 Å². The zero-order chi connectivity index (χ0) is 10.6. The Morgan fingerprint density at radius 1 is 1.43 bits per heavy atom. The highest BCUT2D eigenvalue weighted by atomic mass is 79.9. The summed E-state index contributed by atoms with van der Waals surface area (Å²) in [5.74, 6) is 0.720. The normalized spacial score (nSPS) is 10.3. The molecule has 0 unspecified atom stereocenters. The maximum Gasteiger partial charge on any atom is 0.0375 e. The number of nitrogens with zero attached hydrogens (tertiary/aromatic N) is 1. The molecule has 0 N–H and O–H groups in total. The van der Waals surface area contributed by atoms with E-state index in [2.05, 4.69) is 53.0 Å². The van der Waals surface area contributed by atoms with E-state index < -0.39 is 0 Å². The molecule has 0 amide bonds. The summed E-state index contributed by atoms with van der Waals surface area (Å²) in [5, 5.41) is 0. The fourth-order valence-electron chi connectivity index (χ4n) is 1.25. The van der Waals surface area contributed by atoms with Gasteiger partial charge in [-0.25, -0.2) is 0 Å². The molecule has 0 aromatic heterocycles. The fraction of sp³-hybridized carbons (Fsp3) is 0.455. The largest absolute Gasteiger partial charge is 0.375 e. The van der Waals surface area contributed by atoms with E-state index in [1.165, 1.54) is 11.3 Å². The van der Waals surface area contributed by atoms with E-state index >= 15 is 0 Å². The molecule has 0 atom stereocenters. The minimum atomic E-state index is 0.720. The van der Waals surface area contributed by atoms with Gasteiger partial charge in [0.15, 0.2) is 0 Å². The van der Waals surface area contributed by atoms with E-state index in [1.54, 1.807) is 0 Å². The van der Waals surface area contributed by atoms with E-state index in [0.29, 0.717) is 0 Å². The number of aryl methyl sites for hydroxylation is 1. The van der Waals surface area contributed by atoms with Gasteiger partial charge in [0.25, 0.3) is 0 Å². The Labute approximate surface area is 99.2 Å². The summed E-state index contributed by atoms with van der Waals surface area (Å²) in [7, 11) is 2.09. The zero-order valence-electron chi connectivity index (χ0n) is 8.56. The second kappa shape index (κ2) is 5.62. The average Bonchev–Trinajstić information content (AvgIpc) is 2.18. The Bertz CT molecular complexity index is 301. The lowest BCUT2D eigenvalue weighted by atomic mass is 10.2. The third-order valence-corrected chi connectivity index (χ3v) is 3.34. The Morgan fingerprint density at radius 2 is 2.14 bits per heavy atom. The van der Waals surface area contributed by atoms with E-state index in [4.69, 9.17) is 11.6 Å². The fourth-order valence-corrected chi connectivity index (χ4v) is 1.73. The van der Waals surface area contributed by atoms with Gasteiger partial charge in [-0.05, 0) is 31.0 Å². The molecule has 0 heterocycles. The van der Waals surface area contributed by atoms with Gasteiger partial charge in [0, 0.05) is 29.6 Å². The van der Waals surface area contributed by atoms with E-state index in [-0.39, 0.29) is 0 Å². The van der Waals surface area contributed by atoms with Crippen LogP contribution in [0.15, 0.2) is 22.7 Å². The Morgan fingerprint density at radius 3 is 2.71 bits per heavy atom. The maximum absolute atomic E-state index is 5.65. The van der Waals surface area contributed by atoms with Crippen molar-refractivity contribution in [1.29, 1.82) is 0 Å². The third kappa shape index (κ3) is 3.18. The van der Waals surface area contributed by atoms with Crippen molar-refractivity contribution in [1.82, 2.24) is 0 Å². The number of rotatable bonds is 4. The van der Waals surface area contributed by atoms with Gasteiger partial charge in [0.2, 0.25) is 0 Å². The lowest BCUT2D eigenvalue weighted by Gasteiger charge is -2.19. The lowest BCUT2D eigenvalue weighted by Crippen LogP contribution is -2.18. The maximum atomic E-state index is 5.65. The van der Waals surface area contributed by atoms with Crippen molar-refractivity contribution in [2.45, 2.75) is 13.3 Å². The van der Waals surface area contributed by atoms with E-state index in [0.717, 1.165) is 23.3 Å². The molecule has 0 spiro atoms. The van der Waals surface area contributed by atoms with Crippen molar-refractivity contribution in [3.8, 4) is 0 Å². The van der Waals surface area contributed by atoms with Gasteiger partial charge in [-0.2, -0.15) is 0 Å². The quantitative estimate of drug-likeness (QED) is 0.756. The van der Waals surface area contributed by atoms with Crippen LogP contribution in [-0.2, 0) is 0 Å². The Balaban J connectivity index is 2.70. The molecule has 1 nitrogen and oxygen atoms in total. The first-order valence-electron chi connectivity index (χ1n) is 4.68. The summed E-state index contributed by atoms with van der Waals surface area (Å²) in [6.07, 6.45) is 1.02. The summed E-state index contributed by atoms with van der Waals surface area (Å²) < 4.78 is 1.16. The van der Waals surface area contributed by atoms with Crippen molar-refractivity contribution in [2.24, 2.45) is 0 Å². The molecule has 0 saturated carbocycles. The molecule has 0 saturated heterocycles. The van der Waals surface area contributed by atoms with Crippen LogP contribution in [0.1, 0.15) is 12.0 Å². The van der Waals surface area contributed by atoms with Crippen LogP contribution in [0.25, 0.3) is 0 Å². The standard InChI is InChI=1S/C11H15BrClN/c1-9-4-5-10(8-11(9)12)14(2)7-3-6-13/h4-5,8H,3,6-7H2,1-2H3. The van der Waals surface area contributed by atoms with Crippen LogP contribution < -0.4 is 4.90 Å². The van der Waals surface area contributed by atoms with Gasteiger partial charge in [0.05, 0.1) is 0 Å². The Kier molecular flexibility index (Phi) is 4.76. The molecule has 0 aliphatic rings. The highest BCUT2D eigenvalue weighted by molar-refractivity contribution is 9.10. The number of hydrogen-bond acceptors (Lipinski definition) is 1. The first kappa shape index (κ1) is 11.9. The molecule has 0 aliphatic carbocycles. The molecular weight excluding hydrogens is 261 g/mol. The molecule has 0 aliphatic heterocycles. The highest BCUT2D eigenvalue weighted by Crippen LogP contribution is 2.22. The minimum Gasteiger partial charge on any atom is -0.375 e. The van der Waals surface area contributed by atoms with Gasteiger partial charge in [-0.1, -0.05) is 22.0 Å². The number of anilines is 1. The summed E-state index contributed by atoms with van der Waals surface area (Å²) >= 11 is 9.18. The molecule has 78 valence electrons. The predicted octanol–water partition coefficient (Wildman–Crippen LogP) is 3.82. The van der Waals surface area contributed by atoms with Crippen molar-refractivity contribution in [2.75, 3.05) is 24.4 Å². The van der Waals surface area contributed by atoms with Crippen molar-refractivity contribution in [3.63, 3.8) is 0 Å². The number of alkyl halides is 1. The van der Waals surface area contributed by atoms with E-state index in [1.807, 2.05) is 0 Å². The number of hydrogen-bond donors (Lipinski definition) is 0. The number of halogens is 2. The SMILES string of the molecule is Cc1ccc(N(C)CCCCl)cc1Br. The van der Waals surface area contributed by atoms with E-state index in [9.17, 15) is 0 Å². The highest BCUT2D eigenvalue weighted by Gasteiger charge is 2.02. The number of benzene rings is 1. The molecule has 0 fully saturated rings. The molecule has 3 heteroatoms. The second-order valence-electron chi connectivity index (χ2n) is 3.40. The van der Waals surface area contributed by atoms with Crippen LogP contribution in [0, 0.1) is 6.92 Å². The van der Waals surface area contributed by atoms with Gasteiger partial charge in [-0.3, -0.25) is 0 Å². The summed E-state index contributed by atoms with van der Waals surface area (Å²) in [5.41, 5.74) is 2.49. The molecule has 0 bridgehead atoms. The van der Waals surface area contributed by atoms with Gasteiger partial charge < -0.3 is 4.90 Å². The summed E-state index contributed by atoms with van der Waals surface area (Å²) in [6.45, 7) is 3.09. The van der Waals surface area contributed by atoms with Crippen LogP contribution in [0.3, 0.4) is 0 Å². The van der Waals surface area contributed by atoms with Crippen LogP contribution in [-0.4, -0.2) is 19.5 Å². The molecular formula is C11H15BrClN. The molecule has 1 rings (SSSR count). The topological polar surface area (TPSA) is 3.24 Å². The monoisotopic (exact) mass is 275 g/mol. The first-order valence-corrected chi connectivity index (χ1v) is 6.01. The van der Waals surface area contributed by atoms with Crippen LogP contribution in [0.2, 0.25) is 0 Å². The zero-order valence-corrected chi connectivity index (χ0v) is 10.9. The predicted molar refractivity (Wildman–Crippen MR) is 67.5 cm³/mol. The van der Waals surface area contributed by atoms with Gasteiger partial charge in [-0.15, -0.1) is 11.6 Å². The molecule has 14 heavy (non-hydrogen) atoms. The first-order chi connectivity index (χ1) is 6.65. The summed E-state index contributed by atoms with van der Waals surface area (Å²) in [4.78, 5) is 2.21. The van der Waals surface area contributed by atoms with Gasteiger partial charge >= 0.3 is 0 Å². The molecule has 1 aromatic carbocycles. The molecule has 0 radical (unpaired) electrons. The lowest BCUT2D eigenvalue weighted by molar-refractivity contribution is 0.856. The van der Waals surface area contributed by atoms with Crippen molar-refractivity contribution >= 4 is 33.2 Å². The molecule has 1 aromatic rings. The second-order valence-corrected chi connectivity index (χ2v) is 4.63. The van der Waals surface area contributed by atoms with Gasteiger partial charge in [0.1, 0.15) is 0 Å². The minimum absolute atomic E-state index is 0.720. The Hall–Kier alpha value is -0.210. The third-order valence-electron chi connectivity index (χ3n) is 2.22. The van der Waals surface area contributed by atoms with Crippen LogP contribution in [0.4, 0.5) is 5.69 Å².